The van der Waals surface area contributed by atoms with E-state index in [0.29, 0.717) is 17.8 Å². The molecule has 144 valence electrons. The maximum absolute atomic E-state index is 13.1. The number of hydrogen-bond donors (Lipinski definition) is 1. The lowest BCUT2D eigenvalue weighted by Gasteiger charge is -2.25. The maximum atomic E-state index is 13.1. The van der Waals surface area contributed by atoms with E-state index in [2.05, 4.69) is 5.32 Å². The van der Waals surface area contributed by atoms with Crippen LogP contribution in [0.2, 0.25) is 0 Å². The van der Waals surface area contributed by atoms with E-state index in [4.69, 9.17) is 0 Å². The number of nitrogens with zero attached hydrogens (tertiary/aromatic N) is 1. The van der Waals surface area contributed by atoms with Gasteiger partial charge in [0.05, 0.1) is 4.88 Å². The van der Waals surface area contributed by atoms with Gasteiger partial charge in [-0.05, 0) is 29.5 Å². The number of benzene rings is 2. The molecule has 0 bridgehead atoms. The summed E-state index contributed by atoms with van der Waals surface area (Å²) in [6.07, 6.45) is 0.453. The fourth-order valence-electron chi connectivity index (χ4n) is 3.00. The summed E-state index contributed by atoms with van der Waals surface area (Å²) in [6, 6.07) is 20.8. The third-order valence-corrected chi connectivity index (χ3v) is 5.42. The molecule has 0 saturated heterocycles. The predicted molar refractivity (Wildman–Crippen MR) is 113 cm³/mol. The first-order chi connectivity index (χ1) is 13.5. The lowest BCUT2D eigenvalue weighted by Crippen LogP contribution is -2.48. The molecular formula is C23H24N2O2S. The van der Waals surface area contributed by atoms with Gasteiger partial charge in [0.1, 0.15) is 6.04 Å². The Morgan fingerprint density at radius 2 is 1.68 bits per heavy atom. The minimum absolute atomic E-state index is 0.102. The molecule has 5 heteroatoms. The van der Waals surface area contributed by atoms with Crippen molar-refractivity contribution in [2.45, 2.75) is 25.9 Å². The van der Waals surface area contributed by atoms with Crippen LogP contribution in [0.15, 0.2) is 72.1 Å². The molecule has 0 fully saturated rings. The summed E-state index contributed by atoms with van der Waals surface area (Å²) in [7, 11) is 1.78. The number of rotatable bonds is 7. The summed E-state index contributed by atoms with van der Waals surface area (Å²) in [6.45, 7) is 2.54. The fraction of sp³-hybridized carbons (Fsp3) is 0.217. The van der Waals surface area contributed by atoms with Crippen molar-refractivity contribution in [3.63, 3.8) is 0 Å². The monoisotopic (exact) mass is 392 g/mol. The normalized spacial score (nSPS) is 11.6. The van der Waals surface area contributed by atoms with E-state index >= 15 is 0 Å². The number of likely N-dealkylation sites (N-methyl/N-ethyl adjacent to an activating group) is 1. The lowest BCUT2D eigenvalue weighted by molar-refractivity contribution is -0.132. The summed E-state index contributed by atoms with van der Waals surface area (Å²) >= 11 is 1.37. The highest BCUT2D eigenvalue weighted by atomic mass is 32.1. The van der Waals surface area contributed by atoms with Crippen molar-refractivity contribution < 1.29 is 9.59 Å². The average Bonchev–Trinajstić information content (AvgIpc) is 3.24. The Balaban J connectivity index is 1.74. The second-order valence-corrected chi connectivity index (χ2v) is 7.82. The van der Waals surface area contributed by atoms with Gasteiger partial charge in [-0.1, -0.05) is 66.2 Å². The molecule has 28 heavy (non-hydrogen) atoms. The number of thiophene rings is 1. The fourth-order valence-corrected chi connectivity index (χ4v) is 3.63. The Morgan fingerprint density at radius 1 is 0.964 bits per heavy atom. The molecule has 2 aromatic carbocycles. The van der Waals surface area contributed by atoms with Crippen LogP contribution in [0.5, 0.6) is 0 Å². The molecule has 1 atom stereocenters. The van der Waals surface area contributed by atoms with Crippen LogP contribution in [0.25, 0.3) is 0 Å². The molecule has 0 spiro atoms. The Hall–Kier alpha value is -2.92. The standard InChI is InChI=1S/C23H24N2O2S/c1-17-10-12-19(13-11-17)16-25(2)23(27)20(15-18-7-4-3-5-8-18)24-22(26)21-9-6-14-28-21/h3-14,20H,15-16H2,1-2H3,(H,24,26)/t20-/m0/s1. The Kier molecular flexibility index (Phi) is 6.61. The van der Waals surface area contributed by atoms with E-state index in [0.717, 1.165) is 11.1 Å². The number of hydrogen-bond acceptors (Lipinski definition) is 3. The van der Waals surface area contributed by atoms with Crippen molar-refractivity contribution in [1.29, 1.82) is 0 Å². The van der Waals surface area contributed by atoms with Gasteiger partial charge in [0.2, 0.25) is 5.91 Å². The highest BCUT2D eigenvalue weighted by Crippen LogP contribution is 2.12. The first-order valence-corrected chi connectivity index (χ1v) is 10.1. The molecule has 0 aliphatic carbocycles. The predicted octanol–water partition coefficient (Wildman–Crippen LogP) is 4.06. The van der Waals surface area contributed by atoms with Crippen LogP contribution in [0.4, 0.5) is 0 Å². The largest absolute Gasteiger partial charge is 0.340 e. The van der Waals surface area contributed by atoms with E-state index in [-0.39, 0.29) is 11.8 Å². The van der Waals surface area contributed by atoms with Crippen LogP contribution >= 0.6 is 11.3 Å². The lowest BCUT2D eigenvalue weighted by atomic mass is 10.0. The van der Waals surface area contributed by atoms with Crippen molar-refractivity contribution in [3.8, 4) is 0 Å². The second-order valence-electron chi connectivity index (χ2n) is 6.87. The topological polar surface area (TPSA) is 49.4 Å². The summed E-state index contributed by atoms with van der Waals surface area (Å²) < 4.78 is 0. The molecule has 0 aliphatic rings. The number of carbonyl (C=O) groups is 2. The third-order valence-electron chi connectivity index (χ3n) is 4.55. The van der Waals surface area contributed by atoms with Crippen molar-refractivity contribution in [1.82, 2.24) is 10.2 Å². The molecule has 2 amide bonds. The molecule has 4 nitrogen and oxygen atoms in total. The van der Waals surface area contributed by atoms with Gasteiger partial charge in [-0.2, -0.15) is 0 Å². The Bertz CT molecular complexity index is 906. The zero-order chi connectivity index (χ0) is 19.9. The van der Waals surface area contributed by atoms with Gasteiger partial charge < -0.3 is 10.2 Å². The van der Waals surface area contributed by atoms with Gasteiger partial charge in [0, 0.05) is 20.0 Å². The highest BCUT2D eigenvalue weighted by molar-refractivity contribution is 7.12. The quantitative estimate of drug-likeness (QED) is 0.659. The van der Waals surface area contributed by atoms with Crippen LogP contribution in [0.3, 0.4) is 0 Å². The van der Waals surface area contributed by atoms with Crippen LogP contribution in [-0.2, 0) is 17.8 Å². The van der Waals surface area contributed by atoms with Crippen molar-refractivity contribution in [2.24, 2.45) is 0 Å². The second kappa shape index (κ2) is 9.33. The molecule has 0 unspecified atom stereocenters. The van der Waals surface area contributed by atoms with Crippen molar-refractivity contribution in [2.75, 3.05) is 7.05 Å². The molecule has 0 saturated carbocycles. The Labute approximate surface area is 169 Å². The number of aryl methyl sites for hydroxylation is 1. The van der Waals surface area contributed by atoms with Gasteiger partial charge in [0.25, 0.3) is 5.91 Å². The summed E-state index contributed by atoms with van der Waals surface area (Å²) in [5.41, 5.74) is 3.25. The van der Waals surface area contributed by atoms with Gasteiger partial charge in [0.15, 0.2) is 0 Å². The van der Waals surface area contributed by atoms with Gasteiger partial charge in [-0.25, -0.2) is 0 Å². The first-order valence-electron chi connectivity index (χ1n) is 9.22. The van der Waals surface area contributed by atoms with E-state index in [1.165, 1.54) is 16.9 Å². The zero-order valence-corrected chi connectivity index (χ0v) is 16.9. The SMILES string of the molecule is Cc1ccc(CN(C)C(=O)[C@H](Cc2ccccc2)NC(=O)c2cccs2)cc1. The van der Waals surface area contributed by atoms with Crippen LogP contribution in [0.1, 0.15) is 26.4 Å². The van der Waals surface area contributed by atoms with Gasteiger partial charge >= 0.3 is 0 Å². The van der Waals surface area contributed by atoms with E-state index in [1.807, 2.05) is 73.0 Å². The molecule has 3 rings (SSSR count). The van der Waals surface area contributed by atoms with E-state index in [1.54, 1.807) is 18.0 Å². The molecule has 1 N–H and O–H groups in total. The van der Waals surface area contributed by atoms with Crippen LogP contribution in [-0.4, -0.2) is 29.8 Å². The summed E-state index contributed by atoms with van der Waals surface area (Å²) in [4.78, 5) is 28.0. The first kappa shape index (κ1) is 19.8. The molecule has 1 aromatic heterocycles. The van der Waals surface area contributed by atoms with Gasteiger partial charge in [-0.15, -0.1) is 11.3 Å². The molecular weight excluding hydrogens is 368 g/mol. The minimum atomic E-state index is -0.618. The van der Waals surface area contributed by atoms with E-state index < -0.39 is 6.04 Å². The average molecular weight is 393 g/mol. The van der Waals surface area contributed by atoms with Gasteiger partial charge in [-0.3, -0.25) is 9.59 Å². The zero-order valence-electron chi connectivity index (χ0n) is 16.1. The third kappa shape index (κ3) is 5.30. The van der Waals surface area contributed by atoms with Crippen LogP contribution in [0, 0.1) is 6.92 Å². The smallest absolute Gasteiger partial charge is 0.262 e. The summed E-state index contributed by atoms with van der Waals surface area (Å²) in [5.74, 6) is -0.317. The molecule has 0 aliphatic heterocycles. The Morgan fingerprint density at radius 3 is 2.32 bits per heavy atom. The number of carbonyl (C=O) groups excluding carboxylic acids is 2. The van der Waals surface area contributed by atoms with Crippen molar-refractivity contribution in [3.05, 3.63) is 93.7 Å². The number of nitrogens with one attached hydrogen (secondary N) is 1. The summed E-state index contributed by atoms with van der Waals surface area (Å²) in [5, 5.41) is 4.78. The maximum Gasteiger partial charge on any atom is 0.262 e. The molecule has 0 radical (unpaired) electrons. The molecule has 1 heterocycles. The molecule has 3 aromatic rings. The van der Waals surface area contributed by atoms with Crippen LogP contribution < -0.4 is 5.32 Å². The minimum Gasteiger partial charge on any atom is -0.340 e. The number of amides is 2. The van der Waals surface area contributed by atoms with Crippen molar-refractivity contribution >= 4 is 23.2 Å². The van der Waals surface area contributed by atoms with E-state index in [9.17, 15) is 9.59 Å². The highest BCUT2D eigenvalue weighted by Gasteiger charge is 2.25.